The lowest BCUT2D eigenvalue weighted by Gasteiger charge is -2.25. The van der Waals surface area contributed by atoms with Crippen LogP contribution in [0.25, 0.3) is 0 Å². The Morgan fingerprint density at radius 3 is 3.14 bits per heavy atom. The highest BCUT2D eigenvalue weighted by molar-refractivity contribution is 7.14. The van der Waals surface area contributed by atoms with Crippen molar-refractivity contribution < 1.29 is 9.59 Å². The minimum absolute atomic E-state index is 0.0465. The van der Waals surface area contributed by atoms with Crippen LogP contribution < -0.4 is 10.6 Å². The number of nitriles is 1. The Kier molecular flexibility index (Phi) is 5.64. The highest BCUT2D eigenvalue weighted by Gasteiger charge is 2.27. The number of hydrogen-bond acceptors (Lipinski definition) is 9. The molecule has 1 unspecified atom stereocenters. The van der Waals surface area contributed by atoms with Crippen molar-refractivity contribution in [2.24, 2.45) is 0 Å². The first-order chi connectivity index (χ1) is 14.1. The Morgan fingerprint density at radius 2 is 2.31 bits per heavy atom. The van der Waals surface area contributed by atoms with Crippen LogP contribution in [0, 0.1) is 11.3 Å². The molecule has 0 radical (unpaired) electrons. The largest absolute Gasteiger partial charge is 0.353 e. The van der Waals surface area contributed by atoms with E-state index < -0.39 is 0 Å². The summed E-state index contributed by atoms with van der Waals surface area (Å²) in [4.78, 5) is 40.8. The average molecular weight is 412 g/mol. The number of aromatic nitrogens is 3. The van der Waals surface area contributed by atoms with Gasteiger partial charge < -0.3 is 15.5 Å². The van der Waals surface area contributed by atoms with E-state index in [4.69, 9.17) is 5.26 Å². The fraction of sp³-hybridized carbons (Fsp3) is 0.444. The number of hydrogen-bond donors (Lipinski definition) is 2. The second-order valence-corrected chi connectivity index (χ2v) is 7.69. The molecule has 4 rings (SSSR count). The number of amides is 2. The molecule has 0 bridgehead atoms. The number of carbonyl (C=O) groups is 2. The summed E-state index contributed by atoms with van der Waals surface area (Å²) in [6.07, 6.45) is 3.67. The summed E-state index contributed by atoms with van der Waals surface area (Å²) in [7, 11) is 0. The van der Waals surface area contributed by atoms with E-state index in [1.165, 1.54) is 16.2 Å². The number of carbonyl (C=O) groups excluding carboxylic acids is 2. The molecule has 2 aliphatic rings. The third kappa shape index (κ3) is 4.33. The molecule has 10 nitrogen and oxygen atoms in total. The maximum absolute atomic E-state index is 12.5. The number of likely N-dealkylation sites (tertiary alicyclic amines) is 1. The van der Waals surface area contributed by atoms with Gasteiger partial charge in [-0.25, -0.2) is 15.0 Å². The van der Waals surface area contributed by atoms with Crippen LogP contribution >= 0.6 is 11.3 Å². The molecule has 29 heavy (non-hydrogen) atoms. The smallest absolute Gasteiger partial charge is 0.273 e. The van der Waals surface area contributed by atoms with Crippen molar-refractivity contribution in [3.63, 3.8) is 0 Å². The SMILES string of the molecule is N#CCN1CCCC1c1ccnc(Nc2nc(C(=O)N3CCNC(=O)C3)cs2)n1. The van der Waals surface area contributed by atoms with E-state index in [9.17, 15) is 9.59 Å². The predicted octanol–water partition coefficient (Wildman–Crippen LogP) is 0.909. The Morgan fingerprint density at radius 1 is 1.41 bits per heavy atom. The van der Waals surface area contributed by atoms with Gasteiger partial charge in [0, 0.05) is 24.7 Å². The van der Waals surface area contributed by atoms with E-state index in [-0.39, 0.29) is 24.4 Å². The van der Waals surface area contributed by atoms with E-state index in [1.807, 2.05) is 6.07 Å². The first-order valence-electron chi connectivity index (χ1n) is 9.36. The number of thiazole rings is 1. The minimum Gasteiger partial charge on any atom is -0.353 e. The second kappa shape index (κ2) is 8.50. The van der Waals surface area contributed by atoms with E-state index in [0.717, 1.165) is 25.1 Å². The van der Waals surface area contributed by atoms with Gasteiger partial charge >= 0.3 is 0 Å². The van der Waals surface area contributed by atoms with Gasteiger partial charge in [0.1, 0.15) is 5.69 Å². The molecule has 2 aromatic rings. The molecule has 0 saturated carbocycles. The van der Waals surface area contributed by atoms with Gasteiger partial charge in [-0.15, -0.1) is 11.3 Å². The number of nitrogens with one attached hydrogen (secondary N) is 2. The Hall–Kier alpha value is -3.10. The van der Waals surface area contributed by atoms with E-state index in [2.05, 4.69) is 36.6 Å². The Balaban J connectivity index is 1.44. The molecule has 1 atom stereocenters. The zero-order valence-corrected chi connectivity index (χ0v) is 16.5. The van der Waals surface area contributed by atoms with Crippen LogP contribution in [-0.2, 0) is 4.79 Å². The van der Waals surface area contributed by atoms with Gasteiger partial charge in [0.15, 0.2) is 5.13 Å². The van der Waals surface area contributed by atoms with Gasteiger partial charge in [-0.1, -0.05) is 0 Å². The third-order valence-corrected chi connectivity index (χ3v) is 5.68. The molecule has 2 saturated heterocycles. The quantitative estimate of drug-likeness (QED) is 0.694. The number of piperazine rings is 1. The van der Waals surface area contributed by atoms with Crippen molar-refractivity contribution in [3.8, 4) is 6.07 Å². The molecule has 2 N–H and O–H groups in total. The van der Waals surface area contributed by atoms with Gasteiger partial charge in [0.25, 0.3) is 5.91 Å². The van der Waals surface area contributed by atoms with Gasteiger partial charge in [-0.2, -0.15) is 5.26 Å². The fourth-order valence-electron chi connectivity index (χ4n) is 3.56. The molecule has 11 heteroatoms. The second-order valence-electron chi connectivity index (χ2n) is 6.83. The molecule has 150 valence electrons. The van der Waals surface area contributed by atoms with Crippen LogP contribution in [-0.4, -0.2) is 69.3 Å². The topological polar surface area (TPSA) is 127 Å². The summed E-state index contributed by atoms with van der Waals surface area (Å²) in [6.45, 7) is 2.23. The van der Waals surface area contributed by atoms with E-state index in [1.54, 1.807) is 11.6 Å². The predicted molar refractivity (Wildman–Crippen MR) is 106 cm³/mol. The van der Waals surface area contributed by atoms with Crippen molar-refractivity contribution >= 4 is 34.2 Å². The van der Waals surface area contributed by atoms with Crippen molar-refractivity contribution in [1.29, 1.82) is 5.26 Å². The van der Waals surface area contributed by atoms with Crippen molar-refractivity contribution in [2.45, 2.75) is 18.9 Å². The maximum atomic E-state index is 12.5. The van der Waals surface area contributed by atoms with Crippen LogP contribution in [0.4, 0.5) is 11.1 Å². The van der Waals surface area contributed by atoms with Gasteiger partial charge in [-0.3, -0.25) is 14.5 Å². The van der Waals surface area contributed by atoms with E-state index >= 15 is 0 Å². The molecule has 2 amide bonds. The number of nitrogens with zero attached hydrogens (tertiary/aromatic N) is 6. The lowest BCUT2D eigenvalue weighted by atomic mass is 10.1. The monoisotopic (exact) mass is 412 g/mol. The van der Waals surface area contributed by atoms with Crippen LogP contribution in [0.5, 0.6) is 0 Å². The van der Waals surface area contributed by atoms with Gasteiger partial charge in [0.05, 0.1) is 30.9 Å². The summed E-state index contributed by atoms with van der Waals surface area (Å²) >= 11 is 1.28. The maximum Gasteiger partial charge on any atom is 0.273 e. The summed E-state index contributed by atoms with van der Waals surface area (Å²) in [5.74, 6) is -0.0327. The van der Waals surface area contributed by atoms with Crippen molar-refractivity contribution in [3.05, 3.63) is 29.0 Å². The summed E-state index contributed by atoms with van der Waals surface area (Å²) in [5.41, 5.74) is 1.15. The molecule has 2 aliphatic heterocycles. The van der Waals surface area contributed by atoms with Crippen LogP contribution in [0.3, 0.4) is 0 Å². The molecule has 0 spiro atoms. The molecule has 2 fully saturated rings. The highest BCUT2D eigenvalue weighted by atomic mass is 32.1. The first-order valence-corrected chi connectivity index (χ1v) is 10.2. The van der Waals surface area contributed by atoms with Crippen LogP contribution in [0.2, 0.25) is 0 Å². The summed E-state index contributed by atoms with van der Waals surface area (Å²) in [5, 5.41) is 16.9. The standard InChI is InChI=1S/C18H20N8O2S/c19-4-8-25-7-1-2-14(25)12-3-5-21-17(22-12)24-18-23-13(11-29-18)16(28)26-9-6-20-15(27)10-26/h3,5,11,14H,1-2,6-10H2,(H,20,27)(H,21,22,23,24). The lowest BCUT2D eigenvalue weighted by Crippen LogP contribution is -2.50. The zero-order valence-electron chi connectivity index (χ0n) is 15.7. The molecule has 0 aromatic carbocycles. The van der Waals surface area contributed by atoms with Crippen molar-refractivity contribution in [1.82, 2.24) is 30.1 Å². The van der Waals surface area contributed by atoms with Crippen molar-refractivity contribution in [2.75, 3.05) is 38.0 Å². The van der Waals surface area contributed by atoms with Crippen LogP contribution in [0.15, 0.2) is 17.6 Å². The first kappa shape index (κ1) is 19.2. The summed E-state index contributed by atoms with van der Waals surface area (Å²) in [6, 6.07) is 4.18. The van der Waals surface area contributed by atoms with Gasteiger partial charge in [0.2, 0.25) is 11.9 Å². The number of rotatable bonds is 5. The normalized spacial score (nSPS) is 19.6. The Bertz CT molecular complexity index is 955. The molecular weight excluding hydrogens is 392 g/mol. The van der Waals surface area contributed by atoms with Crippen LogP contribution in [0.1, 0.15) is 35.1 Å². The fourth-order valence-corrected chi connectivity index (χ4v) is 4.24. The Labute approximate surface area is 171 Å². The molecule has 0 aliphatic carbocycles. The molecule has 2 aromatic heterocycles. The summed E-state index contributed by atoms with van der Waals surface area (Å²) < 4.78 is 0. The zero-order chi connectivity index (χ0) is 20.2. The third-order valence-electron chi connectivity index (χ3n) is 4.92. The average Bonchev–Trinajstić information content (AvgIpc) is 3.38. The minimum atomic E-state index is -0.267. The van der Waals surface area contributed by atoms with Gasteiger partial charge in [-0.05, 0) is 25.5 Å². The molecular formula is C18H20N8O2S. The number of anilines is 2. The van der Waals surface area contributed by atoms with E-state index in [0.29, 0.717) is 36.4 Å². The lowest BCUT2D eigenvalue weighted by molar-refractivity contribution is -0.123. The molecule has 4 heterocycles. The highest BCUT2D eigenvalue weighted by Crippen LogP contribution is 2.30.